The van der Waals surface area contributed by atoms with Gasteiger partial charge in [0.05, 0.1) is 13.2 Å². The number of rotatable bonds is 38. The molecule has 2 atom stereocenters. The number of phosphoric ester groups is 1. The first kappa shape index (κ1) is 53.9. The Morgan fingerprint density at radius 3 is 1.40 bits per heavy atom. The Hall–Kier alpha value is -3.07. The number of carbonyl (C=O) groups is 2. The van der Waals surface area contributed by atoms with Gasteiger partial charge in [-0.25, -0.2) is 4.57 Å². The summed E-state index contributed by atoms with van der Waals surface area (Å²) in [5.41, 5.74) is 0. The molecular weight excluding hydrogens is 737 g/mol. The SMILES string of the molecule is CCCCC/C=C\C/C=C\C/C=C\C/C=C\C/C=C\CCC(=O)OC(COC(=O)CCCC/C=C\C/C=C\C/C=C\CCCCC)COP(=O)(O)OCCN(C)C. The molecule has 0 saturated carbocycles. The molecule has 0 aliphatic carbocycles. The number of esters is 2. The largest absolute Gasteiger partial charge is 0.472 e. The Bertz CT molecular complexity index is 1260. The number of allylic oxidation sites excluding steroid dienone is 16. The highest BCUT2D eigenvalue weighted by Crippen LogP contribution is 2.43. The lowest BCUT2D eigenvalue weighted by Gasteiger charge is -2.20. The summed E-state index contributed by atoms with van der Waals surface area (Å²) in [5, 5.41) is 0. The van der Waals surface area contributed by atoms with E-state index in [9.17, 15) is 19.0 Å². The van der Waals surface area contributed by atoms with Gasteiger partial charge in [-0.05, 0) is 104 Å². The van der Waals surface area contributed by atoms with Crippen molar-refractivity contribution in [1.29, 1.82) is 0 Å². The van der Waals surface area contributed by atoms with Crippen LogP contribution in [0.2, 0.25) is 0 Å². The van der Waals surface area contributed by atoms with Crippen LogP contribution in [0.4, 0.5) is 0 Å². The average molecular weight is 816 g/mol. The molecule has 9 nitrogen and oxygen atoms in total. The van der Waals surface area contributed by atoms with Crippen molar-refractivity contribution < 1.29 is 37.6 Å². The minimum Gasteiger partial charge on any atom is -0.462 e. The summed E-state index contributed by atoms with van der Waals surface area (Å²) in [6.07, 6.45) is 51.9. The second-order valence-corrected chi connectivity index (χ2v) is 15.6. The van der Waals surface area contributed by atoms with Crippen LogP contribution in [0.5, 0.6) is 0 Å². The van der Waals surface area contributed by atoms with Gasteiger partial charge in [-0.2, -0.15) is 0 Å². The molecule has 0 amide bonds. The van der Waals surface area contributed by atoms with Crippen molar-refractivity contribution in [2.75, 3.05) is 40.5 Å². The minimum absolute atomic E-state index is 0.0175. The van der Waals surface area contributed by atoms with Crippen LogP contribution in [0, 0.1) is 0 Å². The monoisotopic (exact) mass is 816 g/mol. The fourth-order valence-corrected chi connectivity index (χ4v) is 5.77. The zero-order valence-electron chi connectivity index (χ0n) is 36.0. The van der Waals surface area contributed by atoms with Crippen LogP contribution in [0.25, 0.3) is 0 Å². The molecular formula is C47H78NO8P. The fourth-order valence-electron chi connectivity index (χ4n) is 5.03. The number of unbranched alkanes of at least 4 members (excludes halogenated alkanes) is 8. The molecule has 0 heterocycles. The van der Waals surface area contributed by atoms with Crippen molar-refractivity contribution >= 4 is 19.8 Å². The van der Waals surface area contributed by atoms with Crippen molar-refractivity contribution in [2.45, 2.75) is 148 Å². The van der Waals surface area contributed by atoms with Crippen molar-refractivity contribution in [1.82, 2.24) is 4.90 Å². The zero-order valence-corrected chi connectivity index (χ0v) is 36.9. The zero-order chi connectivity index (χ0) is 41.9. The Labute approximate surface area is 347 Å². The van der Waals surface area contributed by atoms with E-state index in [1.807, 2.05) is 26.2 Å². The first-order chi connectivity index (χ1) is 27.7. The third-order valence-corrected chi connectivity index (χ3v) is 9.36. The summed E-state index contributed by atoms with van der Waals surface area (Å²) in [6.45, 7) is 4.10. The van der Waals surface area contributed by atoms with Gasteiger partial charge in [0.1, 0.15) is 6.61 Å². The minimum atomic E-state index is -4.40. The van der Waals surface area contributed by atoms with E-state index < -0.39 is 32.5 Å². The molecule has 0 aliphatic heterocycles. The Balaban J connectivity index is 4.52. The molecule has 0 spiro atoms. The van der Waals surface area contributed by atoms with Gasteiger partial charge in [0, 0.05) is 19.4 Å². The van der Waals surface area contributed by atoms with Crippen LogP contribution >= 0.6 is 7.82 Å². The molecule has 0 aliphatic rings. The molecule has 0 bridgehead atoms. The van der Waals surface area contributed by atoms with Gasteiger partial charge in [0.25, 0.3) is 0 Å². The van der Waals surface area contributed by atoms with Crippen LogP contribution in [-0.4, -0.2) is 68.3 Å². The maximum Gasteiger partial charge on any atom is 0.472 e. The molecule has 0 aromatic rings. The van der Waals surface area contributed by atoms with E-state index in [-0.39, 0.29) is 26.1 Å². The highest BCUT2D eigenvalue weighted by molar-refractivity contribution is 7.47. The first-order valence-corrected chi connectivity index (χ1v) is 23.0. The molecule has 10 heteroatoms. The summed E-state index contributed by atoms with van der Waals surface area (Å²) < 4.78 is 33.3. The van der Waals surface area contributed by atoms with Gasteiger partial charge in [-0.15, -0.1) is 0 Å². The van der Waals surface area contributed by atoms with Gasteiger partial charge < -0.3 is 19.3 Å². The number of hydrogen-bond donors (Lipinski definition) is 1. The molecule has 0 radical (unpaired) electrons. The van der Waals surface area contributed by atoms with Crippen LogP contribution in [0.15, 0.2) is 97.2 Å². The van der Waals surface area contributed by atoms with Crippen LogP contribution in [-0.2, 0) is 32.7 Å². The maximum atomic E-state index is 12.6. The molecule has 57 heavy (non-hydrogen) atoms. The normalized spacial score (nSPS) is 14.4. The van der Waals surface area contributed by atoms with Gasteiger partial charge in [0.2, 0.25) is 0 Å². The number of nitrogens with zero attached hydrogens (tertiary/aromatic N) is 1. The van der Waals surface area contributed by atoms with E-state index >= 15 is 0 Å². The summed E-state index contributed by atoms with van der Waals surface area (Å²) in [5.74, 6) is -0.955. The average Bonchev–Trinajstić information content (AvgIpc) is 3.18. The second-order valence-electron chi connectivity index (χ2n) is 14.2. The van der Waals surface area contributed by atoms with E-state index in [0.29, 0.717) is 19.4 Å². The Morgan fingerprint density at radius 1 is 0.544 bits per heavy atom. The van der Waals surface area contributed by atoms with Gasteiger partial charge >= 0.3 is 19.8 Å². The number of likely N-dealkylation sites (N-methyl/N-ethyl adjacent to an activating group) is 1. The van der Waals surface area contributed by atoms with Crippen molar-refractivity contribution in [2.24, 2.45) is 0 Å². The highest BCUT2D eigenvalue weighted by atomic mass is 31.2. The summed E-state index contributed by atoms with van der Waals surface area (Å²) in [6, 6.07) is 0. The lowest BCUT2D eigenvalue weighted by molar-refractivity contribution is -0.161. The van der Waals surface area contributed by atoms with Gasteiger partial charge in [-0.3, -0.25) is 18.6 Å². The molecule has 0 aromatic carbocycles. The standard InChI is InChI=1S/C47H78NO8P/c1-5-7-9-11-13-15-17-19-21-22-23-24-26-28-30-32-34-36-38-40-47(50)56-45(44-55-57(51,52)54-42-41-48(3)4)43-53-46(49)39-37-35-33-31-29-27-25-20-18-16-14-12-10-8-6-2/h13-16,19-21,23-25,28-31,34,36,45H,5-12,17-18,22,26-27,32-33,35,37-44H2,1-4H3,(H,51,52)/b15-13-,16-14-,21-19-,24-23-,25-20-,30-28-,31-29-,36-34-. The van der Waals surface area contributed by atoms with Crippen LogP contribution in [0.1, 0.15) is 142 Å². The topological polar surface area (TPSA) is 112 Å². The van der Waals surface area contributed by atoms with Crippen molar-refractivity contribution in [3.63, 3.8) is 0 Å². The predicted octanol–water partition coefficient (Wildman–Crippen LogP) is 12.4. The van der Waals surface area contributed by atoms with E-state index in [0.717, 1.165) is 57.8 Å². The fraction of sp³-hybridized carbons (Fsp3) is 0.617. The van der Waals surface area contributed by atoms with Crippen molar-refractivity contribution in [3.05, 3.63) is 97.2 Å². The maximum absolute atomic E-state index is 12.6. The summed E-state index contributed by atoms with van der Waals surface area (Å²) in [4.78, 5) is 36.9. The third-order valence-electron chi connectivity index (χ3n) is 8.38. The first-order valence-electron chi connectivity index (χ1n) is 21.5. The highest BCUT2D eigenvalue weighted by Gasteiger charge is 2.26. The van der Waals surface area contributed by atoms with Gasteiger partial charge in [-0.1, -0.05) is 137 Å². The molecule has 0 rings (SSSR count). The van der Waals surface area contributed by atoms with Crippen molar-refractivity contribution in [3.8, 4) is 0 Å². The number of hydrogen-bond acceptors (Lipinski definition) is 8. The van der Waals surface area contributed by atoms with Crippen LogP contribution < -0.4 is 0 Å². The van der Waals surface area contributed by atoms with E-state index in [1.54, 1.807) is 4.90 Å². The Morgan fingerprint density at radius 2 is 0.965 bits per heavy atom. The summed E-state index contributed by atoms with van der Waals surface area (Å²) >= 11 is 0. The Kier molecular flexibility index (Phi) is 38.9. The molecule has 0 aromatic heterocycles. The van der Waals surface area contributed by atoms with E-state index in [1.165, 1.54) is 44.9 Å². The van der Waals surface area contributed by atoms with Gasteiger partial charge in [0.15, 0.2) is 6.10 Å². The van der Waals surface area contributed by atoms with Crippen LogP contribution in [0.3, 0.4) is 0 Å². The third kappa shape index (κ3) is 42.4. The second kappa shape index (κ2) is 41.1. The van der Waals surface area contributed by atoms with E-state index in [2.05, 4.69) is 98.9 Å². The molecule has 1 N–H and O–H groups in total. The molecule has 0 saturated heterocycles. The lowest BCUT2D eigenvalue weighted by Crippen LogP contribution is -2.29. The lowest BCUT2D eigenvalue weighted by atomic mass is 10.1. The summed E-state index contributed by atoms with van der Waals surface area (Å²) in [7, 11) is -0.778. The predicted molar refractivity (Wildman–Crippen MR) is 238 cm³/mol. The molecule has 2 unspecified atom stereocenters. The molecule has 0 fully saturated rings. The molecule has 324 valence electrons. The number of carbonyl (C=O) groups excluding carboxylic acids is 2. The number of phosphoric acid groups is 1. The smallest absolute Gasteiger partial charge is 0.462 e. The quantitative estimate of drug-likeness (QED) is 0.0282. The van der Waals surface area contributed by atoms with E-state index in [4.69, 9.17) is 18.5 Å². The number of ether oxygens (including phenoxy) is 2.